The van der Waals surface area contributed by atoms with Gasteiger partial charge in [-0.25, -0.2) is 0 Å². The minimum atomic E-state index is -5.01. The van der Waals surface area contributed by atoms with Crippen LogP contribution in [-0.2, 0) is 37.5 Å². The van der Waals surface area contributed by atoms with Crippen LogP contribution in [0.15, 0.2) is 30.3 Å². The van der Waals surface area contributed by atoms with E-state index in [0.29, 0.717) is 18.6 Å². The molecule has 0 fully saturated rings. The molecule has 56 heavy (non-hydrogen) atoms. The van der Waals surface area contributed by atoms with Gasteiger partial charge in [-0.3, -0.25) is 18.9 Å². The second-order valence-corrected chi connectivity index (χ2v) is 17.0. The molecule has 14 heteroatoms. The lowest BCUT2D eigenvalue weighted by molar-refractivity contribution is -0.308. The number of aliphatic carboxylic acids is 1. The van der Waals surface area contributed by atoms with Crippen LogP contribution in [0.1, 0.15) is 171 Å². The summed E-state index contributed by atoms with van der Waals surface area (Å²) in [5.41, 5.74) is 6.00. The van der Waals surface area contributed by atoms with Gasteiger partial charge in [-0.15, -0.1) is 0 Å². The van der Waals surface area contributed by atoms with E-state index >= 15 is 0 Å². The Balaban J connectivity index is 2.26. The van der Waals surface area contributed by atoms with Crippen molar-refractivity contribution in [3.8, 4) is 0 Å². The summed E-state index contributed by atoms with van der Waals surface area (Å²) in [6.07, 6.45) is 23.5. The fourth-order valence-corrected chi connectivity index (χ4v) is 7.61. The van der Waals surface area contributed by atoms with Crippen molar-refractivity contribution in [3.63, 3.8) is 0 Å². The van der Waals surface area contributed by atoms with Gasteiger partial charge in [0, 0.05) is 18.4 Å². The Morgan fingerprint density at radius 3 is 1.64 bits per heavy atom. The molecule has 0 radical (unpaired) electrons. The Kier molecular flexibility index (Phi) is 32.1. The zero-order valence-electron chi connectivity index (χ0n) is 34.0. The van der Waals surface area contributed by atoms with Crippen LogP contribution in [0.5, 0.6) is 0 Å². The summed E-state index contributed by atoms with van der Waals surface area (Å²) in [6, 6.07) is 7.69. The van der Waals surface area contributed by atoms with Crippen LogP contribution < -0.4 is 15.7 Å². The lowest BCUT2D eigenvalue weighted by Gasteiger charge is -2.26. The third-order valence-corrected chi connectivity index (χ3v) is 11.3. The lowest BCUT2D eigenvalue weighted by Crippen LogP contribution is -2.45. The molecule has 0 heterocycles. The second-order valence-electron chi connectivity index (χ2n) is 14.5. The average Bonchev–Trinajstić information content (AvgIpc) is 3.18. The quantitative estimate of drug-likeness (QED) is 0.0290. The third-order valence-electron chi connectivity index (χ3n) is 9.34. The molecule has 1 aromatic rings. The highest BCUT2D eigenvalue weighted by Crippen LogP contribution is 2.38. The van der Waals surface area contributed by atoms with E-state index in [1.807, 2.05) is 30.3 Å². The summed E-state index contributed by atoms with van der Waals surface area (Å²) >= 11 is 1.69. The number of carbonyl (C=O) groups excluding carboxylic acids is 4. The zero-order chi connectivity index (χ0) is 41.1. The molecular weight excluding hydrogens is 757 g/mol. The number of benzene rings is 1. The lowest BCUT2D eigenvalue weighted by atomic mass is 10.0. The predicted octanol–water partition coefficient (Wildman–Crippen LogP) is 8.02. The highest BCUT2D eigenvalue weighted by molar-refractivity contribution is 7.99. The summed E-state index contributed by atoms with van der Waals surface area (Å²) in [5.74, 6) is -1.08. The van der Waals surface area contributed by atoms with Gasteiger partial charge in [-0.05, 0) is 25.0 Å². The summed E-state index contributed by atoms with van der Waals surface area (Å²) in [7, 11) is -5.01. The van der Waals surface area contributed by atoms with Gasteiger partial charge >= 0.3 is 11.9 Å². The van der Waals surface area contributed by atoms with Crippen molar-refractivity contribution < 1.29 is 52.3 Å². The van der Waals surface area contributed by atoms with Gasteiger partial charge in [0.1, 0.15) is 6.61 Å². The highest BCUT2D eigenvalue weighted by Gasteiger charge is 2.22. The van der Waals surface area contributed by atoms with Crippen molar-refractivity contribution in [1.29, 1.82) is 0 Å². The second kappa shape index (κ2) is 34.7. The van der Waals surface area contributed by atoms with Crippen molar-refractivity contribution in [2.24, 2.45) is 5.73 Å². The van der Waals surface area contributed by atoms with Gasteiger partial charge in [0.25, 0.3) is 7.82 Å². The Labute approximate surface area is 340 Å². The highest BCUT2D eigenvalue weighted by atomic mass is 32.2. The van der Waals surface area contributed by atoms with Crippen LogP contribution in [0.25, 0.3) is 0 Å². The maximum absolute atomic E-state index is 12.6. The van der Waals surface area contributed by atoms with Crippen LogP contribution in [-0.4, -0.2) is 67.2 Å². The summed E-state index contributed by atoms with van der Waals surface area (Å²) in [6.45, 7) is 0.266. The maximum atomic E-state index is 12.6. The number of carboxylic acids is 1. The molecule has 0 aliphatic carbocycles. The van der Waals surface area contributed by atoms with E-state index in [-0.39, 0.29) is 18.6 Å². The van der Waals surface area contributed by atoms with E-state index in [1.165, 1.54) is 57.8 Å². The number of phosphoric ester groups is 1. The number of rotatable bonds is 39. The van der Waals surface area contributed by atoms with E-state index in [9.17, 15) is 33.7 Å². The smallest absolute Gasteiger partial charge is 0.306 e. The molecule has 12 nitrogen and oxygen atoms in total. The Morgan fingerprint density at radius 1 is 0.661 bits per heavy atom. The number of Topliss-reactive ketones (excluding diaryl/α,β-unsaturated/α-hetero) is 1. The number of esters is 2. The van der Waals surface area contributed by atoms with Crippen LogP contribution >= 0.6 is 19.6 Å². The molecule has 3 atom stereocenters. The van der Waals surface area contributed by atoms with Crippen molar-refractivity contribution in [3.05, 3.63) is 35.9 Å². The monoisotopic (exact) mass is 827 g/mol. The molecule has 2 N–H and O–H groups in total. The molecule has 0 saturated carbocycles. The predicted molar refractivity (Wildman–Crippen MR) is 218 cm³/mol. The molecule has 1 unspecified atom stereocenters. The molecule has 0 bridgehead atoms. The minimum Gasteiger partial charge on any atom is -0.756 e. The Morgan fingerprint density at radius 2 is 1.12 bits per heavy atom. The first-order valence-electron chi connectivity index (χ1n) is 21.1. The number of carboxylic acid groups (broad SMARTS) is 1. The van der Waals surface area contributed by atoms with Crippen LogP contribution in [0.3, 0.4) is 0 Å². The van der Waals surface area contributed by atoms with Crippen LogP contribution in [0, 0.1) is 0 Å². The third kappa shape index (κ3) is 30.8. The number of ether oxygens (including phenoxy) is 2. The molecule has 0 aliphatic heterocycles. The number of hydrogen-bond acceptors (Lipinski definition) is 13. The molecular formula is C42H70NO11PS-2. The number of thioether (sulfide) groups is 1. The summed E-state index contributed by atoms with van der Waals surface area (Å²) in [5, 5.41) is 10.8. The van der Waals surface area contributed by atoms with Gasteiger partial charge in [0.05, 0.1) is 31.0 Å². The standard InChI is InChI=1S/C42H72NO11PS/c1-2-3-4-5-6-7-8-9-10-12-15-18-24-29-40(45)51-32-37(33-52-55(49,50)53-34-38(43)42(47)48)54-41(46)30-25-19-16-13-11-14-17-20-26-31-56-35-39(44)36-27-22-21-23-28-36/h21-23,27-28,37-38H,2-20,24-26,29-35,43H2,1H3,(H,47,48)(H,49,50)/p-2/t37-,38+/m1/s1. The molecule has 0 spiro atoms. The van der Waals surface area contributed by atoms with Crippen molar-refractivity contribution in [2.45, 2.75) is 173 Å². The average molecular weight is 828 g/mol. The molecule has 0 aliphatic rings. The minimum absolute atomic E-state index is 0.111. The summed E-state index contributed by atoms with van der Waals surface area (Å²) < 4.78 is 32.2. The van der Waals surface area contributed by atoms with Gasteiger partial charge in [-0.1, -0.05) is 159 Å². The van der Waals surface area contributed by atoms with E-state index in [0.717, 1.165) is 81.9 Å². The number of ketones is 1. The molecule has 1 aromatic carbocycles. The van der Waals surface area contributed by atoms with Crippen molar-refractivity contribution in [1.82, 2.24) is 0 Å². The SMILES string of the molecule is CCCCCCCCCCCCCCCC(=O)OC[C@H](COP(=O)([O-])OC[C@H](N)C(=O)[O-])OC(=O)CCCCCCCCCCCSCC(=O)c1ccccc1. The first-order chi connectivity index (χ1) is 27.0. The van der Waals surface area contributed by atoms with E-state index in [1.54, 1.807) is 11.8 Å². The maximum Gasteiger partial charge on any atom is 0.306 e. The Bertz CT molecular complexity index is 1220. The number of unbranched alkanes of at least 4 members (excludes halogenated alkanes) is 20. The topological polar surface area (TPSA) is 194 Å². The Hall–Kier alpha value is -2.28. The fraction of sp³-hybridized carbons (Fsp3) is 0.762. The van der Waals surface area contributed by atoms with E-state index in [2.05, 4.69) is 11.4 Å². The number of carbonyl (C=O) groups is 4. The first-order valence-corrected chi connectivity index (χ1v) is 23.7. The molecule has 1 rings (SSSR count). The fourth-order valence-electron chi connectivity index (χ4n) is 5.94. The zero-order valence-corrected chi connectivity index (χ0v) is 35.7. The molecule has 0 saturated heterocycles. The first kappa shape index (κ1) is 51.7. The van der Waals surface area contributed by atoms with E-state index < -0.39 is 57.7 Å². The molecule has 0 aromatic heterocycles. The summed E-state index contributed by atoms with van der Waals surface area (Å²) in [4.78, 5) is 60.1. The number of hydrogen-bond donors (Lipinski definition) is 1. The van der Waals surface area contributed by atoms with Gasteiger partial charge in [-0.2, -0.15) is 11.8 Å². The molecule has 322 valence electrons. The van der Waals surface area contributed by atoms with Crippen LogP contribution in [0.4, 0.5) is 0 Å². The van der Waals surface area contributed by atoms with Crippen molar-refractivity contribution >= 4 is 43.3 Å². The van der Waals surface area contributed by atoms with Crippen LogP contribution in [0.2, 0.25) is 0 Å². The van der Waals surface area contributed by atoms with E-state index in [4.69, 9.17) is 19.7 Å². The van der Waals surface area contributed by atoms with Gasteiger partial charge in [0.15, 0.2) is 11.9 Å². The van der Waals surface area contributed by atoms with Gasteiger partial charge < -0.3 is 39.0 Å². The largest absolute Gasteiger partial charge is 0.756 e. The number of nitrogens with two attached hydrogens (primary N) is 1. The normalized spacial score (nSPS) is 13.5. The molecule has 0 amide bonds. The number of phosphoric acid groups is 1. The van der Waals surface area contributed by atoms with Crippen molar-refractivity contribution in [2.75, 3.05) is 31.3 Å². The van der Waals surface area contributed by atoms with Gasteiger partial charge in [0.2, 0.25) is 0 Å².